The molecule has 0 saturated carbocycles. The molecule has 1 saturated heterocycles. The highest BCUT2D eigenvalue weighted by Crippen LogP contribution is 2.20. The smallest absolute Gasteiger partial charge is 0.263 e. The van der Waals surface area contributed by atoms with Crippen molar-refractivity contribution in [3.05, 3.63) is 29.8 Å². The Hall–Kier alpha value is -1.51. The largest absolute Gasteiger partial charge is 0.481 e. The van der Waals surface area contributed by atoms with Gasteiger partial charge < -0.3 is 9.64 Å². The Morgan fingerprint density at radius 2 is 2.10 bits per heavy atom. The number of hydrogen-bond donors (Lipinski definition) is 0. The summed E-state index contributed by atoms with van der Waals surface area (Å²) in [5.41, 5.74) is 1.20. The predicted octanol–water partition coefficient (Wildman–Crippen LogP) is 3.41. The van der Waals surface area contributed by atoms with Crippen LogP contribution in [0.15, 0.2) is 24.3 Å². The average Bonchev–Trinajstić information content (AvgIpc) is 2.46. The summed E-state index contributed by atoms with van der Waals surface area (Å²) in [6.07, 6.45) is 2.67. The molecule has 0 aliphatic carbocycles. The molecular formula is C17H25NO2. The van der Waals surface area contributed by atoms with Crippen LogP contribution in [-0.2, 0) is 4.79 Å². The number of aryl methyl sites for hydroxylation is 1. The molecule has 3 heteroatoms. The first-order valence-electron chi connectivity index (χ1n) is 7.62. The van der Waals surface area contributed by atoms with Gasteiger partial charge in [0.15, 0.2) is 6.10 Å². The minimum Gasteiger partial charge on any atom is -0.481 e. The van der Waals surface area contributed by atoms with E-state index >= 15 is 0 Å². The number of piperidine rings is 1. The fourth-order valence-electron chi connectivity index (χ4n) is 2.68. The molecule has 1 amide bonds. The number of hydrogen-bond acceptors (Lipinski definition) is 2. The van der Waals surface area contributed by atoms with Crippen LogP contribution in [0.2, 0.25) is 0 Å². The monoisotopic (exact) mass is 275 g/mol. The molecule has 2 atom stereocenters. The zero-order valence-electron chi connectivity index (χ0n) is 12.8. The molecule has 0 unspecified atom stereocenters. The number of carbonyl (C=O) groups excluding carboxylic acids is 1. The summed E-state index contributed by atoms with van der Waals surface area (Å²) >= 11 is 0. The van der Waals surface area contributed by atoms with Crippen molar-refractivity contribution in [2.45, 2.75) is 46.1 Å². The molecule has 0 radical (unpaired) electrons. The number of benzene rings is 1. The van der Waals surface area contributed by atoms with Crippen LogP contribution in [0.3, 0.4) is 0 Å². The van der Waals surface area contributed by atoms with Crippen LogP contribution in [-0.4, -0.2) is 30.0 Å². The second kappa shape index (κ2) is 6.78. The topological polar surface area (TPSA) is 29.5 Å². The summed E-state index contributed by atoms with van der Waals surface area (Å²) in [6.45, 7) is 8.00. The molecule has 1 aromatic carbocycles. The van der Waals surface area contributed by atoms with Gasteiger partial charge in [0, 0.05) is 13.1 Å². The number of likely N-dealkylation sites (tertiary alicyclic amines) is 1. The lowest BCUT2D eigenvalue weighted by Gasteiger charge is -2.33. The molecule has 1 heterocycles. The summed E-state index contributed by atoms with van der Waals surface area (Å²) in [5, 5.41) is 0. The lowest BCUT2D eigenvalue weighted by atomic mass is 9.99. The van der Waals surface area contributed by atoms with E-state index < -0.39 is 0 Å². The van der Waals surface area contributed by atoms with Gasteiger partial charge in [-0.2, -0.15) is 0 Å². The van der Waals surface area contributed by atoms with Crippen LogP contribution >= 0.6 is 0 Å². The van der Waals surface area contributed by atoms with Gasteiger partial charge >= 0.3 is 0 Å². The second-order valence-corrected chi connectivity index (χ2v) is 5.86. The summed E-state index contributed by atoms with van der Waals surface area (Å²) in [4.78, 5) is 14.5. The number of carbonyl (C=O) groups is 1. The Balaban J connectivity index is 2.00. The molecule has 0 bridgehead atoms. The predicted molar refractivity (Wildman–Crippen MR) is 80.9 cm³/mol. The lowest BCUT2D eigenvalue weighted by molar-refractivity contribution is -0.140. The van der Waals surface area contributed by atoms with Gasteiger partial charge in [0.05, 0.1) is 0 Å². The third kappa shape index (κ3) is 3.75. The van der Waals surface area contributed by atoms with E-state index in [9.17, 15) is 4.79 Å². The fourth-order valence-corrected chi connectivity index (χ4v) is 2.68. The van der Waals surface area contributed by atoms with Gasteiger partial charge in [-0.1, -0.05) is 31.5 Å². The Morgan fingerprint density at radius 1 is 1.40 bits per heavy atom. The average molecular weight is 275 g/mol. The van der Waals surface area contributed by atoms with Gasteiger partial charge in [0.1, 0.15) is 5.75 Å². The summed E-state index contributed by atoms with van der Waals surface area (Å²) in [5.74, 6) is 1.52. The van der Waals surface area contributed by atoms with Gasteiger partial charge in [-0.25, -0.2) is 0 Å². The first kappa shape index (κ1) is 14.9. The quantitative estimate of drug-likeness (QED) is 0.842. The highest BCUT2D eigenvalue weighted by molar-refractivity contribution is 5.81. The van der Waals surface area contributed by atoms with Gasteiger partial charge in [-0.15, -0.1) is 0 Å². The highest BCUT2D eigenvalue weighted by Gasteiger charge is 2.27. The van der Waals surface area contributed by atoms with E-state index in [0.29, 0.717) is 12.3 Å². The van der Waals surface area contributed by atoms with Crippen molar-refractivity contribution in [2.24, 2.45) is 5.92 Å². The highest BCUT2D eigenvalue weighted by atomic mass is 16.5. The molecule has 0 N–H and O–H groups in total. The SMILES string of the molecule is CC[C@H](Oc1ccc(C)cc1)C(=O)N1CCC[C@@H](C)C1. The molecule has 1 aliphatic heterocycles. The Bertz CT molecular complexity index is 441. The number of rotatable bonds is 4. The summed E-state index contributed by atoms with van der Waals surface area (Å²) in [7, 11) is 0. The van der Waals surface area contributed by atoms with E-state index in [4.69, 9.17) is 4.74 Å². The first-order valence-corrected chi connectivity index (χ1v) is 7.62. The molecule has 1 fully saturated rings. The molecule has 3 nitrogen and oxygen atoms in total. The Morgan fingerprint density at radius 3 is 2.70 bits per heavy atom. The standard InChI is InChI=1S/C17H25NO2/c1-4-16(20-15-9-7-13(2)8-10-15)17(19)18-11-5-6-14(3)12-18/h7-10,14,16H,4-6,11-12H2,1-3H3/t14-,16+/m1/s1. The molecule has 0 spiro atoms. The number of nitrogens with zero attached hydrogens (tertiary/aromatic N) is 1. The van der Waals surface area contributed by atoms with Crippen molar-refractivity contribution in [1.82, 2.24) is 4.90 Å². The maximum Gasteiger partial charge on any atom is 0.263 e. The second-order valence-electron chi connectivity index (χ2n) is 5.86. The van der Waals surface area contributed by atoms with Crippen LogP contribution in [0.1, 0.15) is 38.7 Å². The van der Waals surface area contributed by atoms with E-state index in [-0.39, 0.29) is 12.0 Å². The number of amides is 1. The minimum absolute atomic E-state index is 0.139. The summed E-state index contributed by atoms with van der Waals surface area (Å²) in [6, 6.07) is 7.89. The van der Waals surface area contributed by atoms with E-state index in [1.54, 1.807) is 0 Å². The van der Waals surface area contributed by atoms with Crippen molar-refractivity contribution >= 4 is 5.91 Å². The van der Waals surface area contributed by atoms with Crippen molar-refractivity contribution in [2.75, 3.05) is 13.1 Å². The van der Waals surface area contributed by atoms with Crippen LogP contribution < -0.4 is 4.74 Å². The van der Waals surface area contributed by atoms with E-state index in [1.165, 1.54) is 12.0 Å². The van der Waals surface area contributed by atoms with Gasteiger partial charge in [-0.3, -0.25) is 4.79 Å². The minimum atomic E-state index is -0.358. The zero-order valence-corrected chi connectivity index (χ0v) is 12.8. The molecule has 0 aromatic heterocycles. The van der Waals surface area contributed by atoms with Crippen molar-refractivity contribution in [3.63, 3.8) is 0 Å². The van der Waals surface area contributed by atoms with Crippen LogP contribution in [0.25, 0.3) is 0 Å². The molecule has 2 rings (SSSR count). The molecular weight excluding hydrogens is 250 g/mol. The van der Waals surface area contributed by atoms with Gasteiger partial charge in [0.2, 0.25) is 0 Å². The van der Waals surface area contributed by atoms with Gasteiger partial charge in [-0.05, 0) is 44.2 Å². The molecule has 1 aromatic rings. The van der Waals surface area contributed by atoms with E-state index in [2.05, 4.69) is 6.92 Å². The lowest BCUT2D eigenvalue weighted by Crippen LogP contribution is -2.46. The van der Waals surface area contributed by atoms with Gasteiger partial charge in [0.25, 0.3) is 5.91 Å². The Labute approximate surface area is 121 Å². The third-order valence-electron chi connectivity index (χ3n) is 3.91. The third-order valence-corrected chi connectivity index (χ3v) is 3.91. The summed E-state index contributed by atoms with van der Waals surface area (Å²) < 4.78 is 5.88. The first-order chi connectivity index (χ1) is 9.60. The van der Waals surface area contributed by atoms with Crippen molar-refractivity contribution in [3.8, 4) is 5.75 Å². The number of ether oxygens (including phenoxy) is 1. The maximum atomic E-state index is 12.5. The molecule has 1 aliphatic rings. The van der Waals surface area contributed by atoms with Crippen LogP contribution in [0.5, 0.6) is 5.75 Å². The van der Waals surface area contributed by atoms with E-state index in [1.807, 2.05) is 43.0 Å². The molecule has 20 heavy (non-hydrogen) atoms. The fraction of sp³-hybridized carbons (Fsp3) is 0.588. The van der Waals surface area contributed by atoms with Crippen LogP contribution in [0.4, 0.5) is 0 Å². The van der Waals surface area contributed by atoms with E-state index in [0.717, 1.165) is 25.3 Å². The Kier molecular flexibility index (Phi) is 5.05. The zero-order chi connectivity index (χ0) is 14.5. The maximum absolute atomic E-state index is 12.5. The van der Waals surface area contributed by atoms with Crippen molar-refractivity contribution in [1.29, 1.82) is 0 Å². The van der Waals surface area contributed by atoms with Crippen molar-refractivity contribution < 1.29 is 9.53 Å². The normalized spacial score (nSPS) is 20.6. The van der Waals surface area contributed by atoms with Crippen LogP contribution in [0, 0.1) is 12.8 Å². The molecule has 110 valence electrons.